The number of carboxylic acids is 1. The van der Waals surface area contributed by atoms with Gasteiger partial charge in [-0.1, -0.05) is 63.8 Å². The molecule has 1 aliphatic heterocycles. The fourth-order valence-corrected chi connectivity index (χ4v) is 2.54. The Morgan fingerprint density at radius 1 is 1.25 bits per heavy atom. The van der Waals surface area contributed by atoms with E-state index in [0.29, 0.717) is 0 Å². The average Bonchev–Trinajstić information content (AvgIpc) is 2.57. The first kappa shape index (κ1) is 20.2. The van der Waals surface area contributed by atoms with Crippen LogP contribution in [0.15, 0.2) is 43.0 Å². The van der Waals surface area contributed by atoms with Gasteiger partial charge in [0, 0.05) is 18.9 Å². The van der Waals surface area contributed by atoms with E-state index in [1.54, 1.807) is 0 Å². The summed E-state index contributed by atoms with van der Waals surface area (Å²) in [7, 11) is 0. The number of benzene rings is 1. The molecule has 4 nitrogen and oxygen atoms in total. The Hall–Kier alpha value is -1.81. The molecule has 0 radical (unpaired) electrons. The highest BCUT2D eigenvalue weighted by atomic mass is 16.7. The molecule has 0 aliphatic carbocycles. The standard InChI is InChI=1S/C17H26O2.C3H4O2/c1-2-3-4-5-6-10-13-17(14-15-18-17)19-16-11-8-7-9-12-16;1-2-3(4)5/h7-9,11-12H,2-6,10,13-15H2,1H3;2H,1H2,(H,4,5). The van der Waals surface area contributed by atoms with Crippen molar-refractivity contribution in [2.24, 2.45) is 0 Å². The number of unbranched alkanes of at least 4 members (excludes halogenated alkanes) is 5. The summed E-state index contributed by atoms with van der Waals surface area (Å²) in [6.07, 6.45) is 10.8. The third kappa shape index (κ3) is 8.16. The average molecular weight is 334 g/mol. The Balaban J connectivity index is 0.000000505. The minimum absolute atomic E-state index is 0.327. The van der Waals surface area contributed by atoms with Gasteiger partial charge in [-0.05, 0) is 18.6 Å². The zero-order chi connectivity index (χ0) is 17.7. The normalized spacial score (nSPS) is 18.7. The van der Waals surface area contributed by atoms with Crippen molar-refractivity contribution < 1.29 is 19.4 Å². The van der Waals surface area contributed by atoms with E-state index in [-0.39, 0.29) is 5.79 Å². The third-order valence-electron chi connectivity index (χ3n) is 3.98. The molecule has 1 aromatic carbocycles. The quantitative estimate of drug-likeness (QED) is 0.472. The lowest BCUT2D eigenvalue weighted by Crippen LogP contribution is -2.48. The predicted octanol–water partition coefficient (Wildman–Crippen LogP) is 5.19. The zero-order valence-electron chi connectivity index (χ0n) is 14.7. The van der Waals surface area contributed by atoms with E-state index in [9.17, 15) is 4.79 Å². The van der Waals surface area contributed by atoms with Gasteiger partial charge >= 0.3 is 5.97 Å². The van der Waals surface area contributed by atoms with Crippen molar-refractivity contribution in [2.45, 2.75) is 64.1 Å². The van der Waals surface area contributed by atoms with Gasteiger partial charge in [0.15, 0.2) is 0 Å². The first-order valence-electron chi connectivity index (χ1n) is 8.85. The molecule has 1 N–H and O–H groups in total. The highest BCUT2D eigenvalue weighted by Gasteiger charge is 2.40. The summed E-state index contributed by atoms with van der Waals surface area (Å²) in [5, 5.41) is 7.60. The van der Waals surface area contributed by atoms with E-state index in [1.807, 2.05) is 30.3 Å². The monoisotopic (exact) mass is 334 g/mol. The maximum Gasteiger partial charge on any atom is 0.327 e. The van der Waals surface area contributed by atoms with Crippen LogP contribution in [0.2, 0.25) is 0 Å². The van der Waals surface area contributed by atoms with Gasteiger partial charge in [-0.15, -0.1) is 0 Å². The maximum absolute atomic E-state index is 9.25. The molecule has 0 amide bonds. The fourth-order valence-electron chi connectivity index (χ4n) is 2.54. The number of para-hydroxylation sites is 1. The lowest BCUT2D eigenvalue weighted by Gasteiger charge is -2.41. The number of hydrogen-bond donors (Lipinski definition) is 1. The topological polar surface area (TPSA) is 55.8 Å². The Labute approximate surface area is 145 Å². The van der Waals surface area contributed by atoms with Crippen LogP contribution in [0.5, 0.6) is 5.75 Å². The number of ether oxygens (including phenoxy) is 2. The molecular weight excluding hydrogens is 304 g/mol. The molecule has 1 aromatic rings. The molecule has 1 fully saturated rings. The Morgan fingerprint density at radius 2 is 1.83 bits per heavy atom. The molecule has 1 aliphatic rings. The fraction of sp³-hybridized carbons (Fsp3) is 0.550. The van der Waals surface area contributed by atoms with Gasteiger partial charge < -0.3 is 14.6 Å². The molecule has 1 unspecified atom stereocenters. The van der Waals surface area contributed by atoms with Crippen LogP contribution in [-0.2, 0) is 9.53 Å². The van der Waals surface area contributed by atoms with Crippen molar-refractivity contribution in [2.75, 3.05) is 6.61 Å². The van der Waals surface area contributed by atoms with Crippen LogP contribution in [0, 0.1) is 0 Å². The first-order valence-corrected chi connectivity index (χ1v) is 8.85. The Morgan fingerprint density at radius 3 is 2.33 bits per heavy atom. The van der Waals surface area contributed by atoms with Crippen LogP contribution in [0.4, 0.5) is 0 Å². The molecule has 0 spiro atoms. The van der Waals surface area contributed by atoms with E-state index in [2.05, 4.69) is 13.5 Å². The summed E-state index contributed by atoms with van der Waals surface area (Å²) in [6, 6.07) is 10.0. The van der Waals surface area contributed by atoms with Crippen molar-refractivity contribution in [1.82, 2.24) is 0 Å². The molecule has 0 saturated carbocycles. The summed E-state index contributed by atoms with van der Waals surface area (Å²) >= 11 is 0. The van der Waals surface area contributed by atoms with Crippen LogP contribution in [0.25, 0.3) is 0 Å². The molecule has 1 heterocycles. The first-order chi connectivity index (χ1) is 11.6. The van der Waals surface area contributed by atoms with Crippen LogP contribution in [0.1, 0.15) is 58.3 Å². The predicted molar refractivity (Wildman–Crippen MR) is 96.2 cm³/mol. The van der Waals surface area contributed by atoms with Crippen molar-refractivity contribution >= 4 is 5.97 Å². The summed E-state index contributed by atoms with van der Waals surface area (Å²) in [6.45, 7) is 6.05. The number of aliphatic carboxylic acids is 1. The van der Waals surface area contributed by atoms with Crippen LogP contribution < -0.4 is 4.74 Å². The van der Waals surface area contributed by atoms with Crippen molar-refractivity contribution in [3.63, 3.8) is 0 Å². The molecular formula is C20H30O4. The van der Waals surface area contributed by atoms with Crippen molar-refractivity contribution in [3.8, 4) is 5.75 Å². The second-order valence-corrected chi connectivity index (χ2v) is 5.98. The Kier molecular flexibility index (Phi) is 9.85. The highest BCUT2D eigenvalue weighted by molar-refractivity contribution is 5.78. The van der Waals surface area contributed by atoms with Crippen LogP contribution >= 0.6 is 0 Å². The number of rotatable bonds is 10. The summed E-state index contributed by atoms with van der Waals surface area (Å²) in [5.41, 5.74) is 0. The second-order valence-electron chi connectivity index (χ2n) is 5.98. The minimum Gasteiger partial charge on any atom is -0.478 e. The van der Waals surface area contributed by atoms with Gasteiger partial charge in [-0.25, -0.2) is 4.79 Å². The smallest absolute Gasteiger partial charge is 0.327 e. The molecule has 1 saturated heterocycles. The van der Waals surface area contributed by atoms with Crippen molar-refractivity contribution in [3.05, 3.63) is 43.0 Å². The SMILES string of the molecule is C=CC(=O)O.CCCCCCCCC1(Oc2ccccc2)CCO1. The van der Waals surface area contributed by atoms with E-state index in [0.717, 1.165) is 31.3 Å². The molecule has 2 rings (SSSR count). The number of carbonyl (C=O) groups is 1. The third-order valence-corrected chi connectivity index (χ3v) is 3.98. The minimum atomic E-state index is -0.981. The highest BCUT2D eigenvalue weighted by Crippen LogP contribution is 2.34. The van der Waals surface area contributed by atoms with E-state index >= 15 is 0 Å². The van der Waals surface area contributed by atoms with Gasteiger partial charge in [-0.2, -0.15) is 0 Å². The summed E-state index contributed by atoms with van der Waals surface area (Å²) in [4.78, 5) is 9.25. The maximum atomic E-state index is 9.25. The second kappa shape index (κ2) is 11.7. The largest absolute Gasteiger partial charge is 0.478 e. The lowest BCUT2D eigenvalue weighted by atomic mass is 9.99. The molecule has 4 heteroatoms. The lowest BCUT2D eigenvalue weighted by molar-refractivity contribution is -0.267. The van der Waals surface area contributed by atoms with Crippen molar-refractivity contribution in [1.29, 1.82) is 0 Å². The van der Waals surface area contributed by atoms with Crippen LogP contribution in [0.3, 0.4) is 0 Å². The zero-order valence-corrected chi connectivity index (χ0v) is 14.7. The van der Waals surface area contributed by atoms with E-state index in [4.69, 9.17) is 14.6 Å². The van der Waals surface area contributed by atoms with Gasteiger partial charge in [0.05, 0.1) is 6.61 Å². The van der Waals surface area contributed by atoms with E-state index < -0.39 is 5.97 Å². The van der Waals surface area contributed by atoms with Gasteiger partial charge in [0.25, 0.3) is 0 Å². The molecule has 24 heavy (non-hydrogen) atoms. The van der Waals surface area contributed by atoms with Gasteiger partial charge in [0.2, 0.25) is 5.79 Å². The number of hydrogen-bond acceptors (Lipinski definition) is 3. The van der Waals surface area contributed by atoms with E-state index in [1.165, 1.54) is 38.5 Å². The summed E-state index contributed by atoms with van der Waals surface area (Å²) < 4.78 is 11.8. The van der Waals surface area contributed by atoms with Crippen LogP contribution in [-0.4, -0.2) is 23.5 Å². The Bertz CT molecular complexity index is 466. The summed E-state index contributed by atoms with van der Waals surface area (Å²) in [5.74, 6) is -0.385. The molecule has 0 aromatic heterocycles. The number of carboxylic acid groups (broad SMARTS) is 1. The molecule has 134 valence electrons. The van der Waals surface area contributed by atoms with Gasteiger partial charge in [0.1, 0.15) is 5.75 Å². The molecule has 0 bridgehead atoms. The van der Waals surface area contributed by atoms with Gasteiger partial charge in [-0.3, -0.25) is 0 Å². The molecule has 1 atom stereocenters.